The van der Waals surface area contributed by atoms with Gasteiger partial charge in [-0.25, -0.2) is 4.98 Å². The van der Waals surface area contributed by atoms with Crippen molar-refractivity contribution in [2.45, 2.75) is 40.0 Å². The molecule has 0 bridgehead atoms. The first-order chi connectivity index (χ1) is 12.0. The molecule has 4 rings (SSSR count). The second-order valence-corrected chi connectivity index (χ2v) is 6.56. The third-order valence-electron chi connectivity index (χ3n) is 4.70. The molecule has 1 aliphatic heterocycles. The molecule has 6 heteroatoms. The molecule has 0 amide bonds. The maximum Gasteiger partial charge on any atom is 0.196 e. The minimum Gasteiger partial charge on any atom is -0.454 e. The smallest absolute Gasteiger partial charge is 0.196 e. The third-order valence-corrected chi connectivity index (χ3v) is 4.70. The Labute approximate surface area is 144 Å². The lowest BCUT2D eigenvalue weighted by atomic mass is 10.0. The van der Waals surface area contributed by atoms with E-state index in [-0.39, 0.29) is 5.43 Å². The van der Waals surface area contributed by atoms with Crippen molar-refractivity contribution in [2.75, 3.05) is 6.61 Å². The Balaban J connectivity index is 2.04. The predicted molar refractivity (Wildman–Crippen MR) is 93.5 cm³/mol. The summed E-state index contributed by atoms with van der Waals surface area (Å²) in [5.74, 6) is 1.33. The maximum absolute atomic E-state index is 12.9. The van der Waals surface area contributed by atoms with Gasteiger partial charge in [0.1, 0.15) is 23.7 Å². The standard InChI is InChI=1S/C19H20N2O4/c1-10-6-13(12(3)22)19-14(7-10)17(23)11(2)18(25-19)15-8-20-16-9-24-5-4-21(15)16/h6-8,12,22H,4-5,9H2,1-3H3/t12-/m0/s1. The van der Waals surface area contributed by atoms with E-state index in [2.05, 4.69) is 4.98 Å². The average Bonchev–Trinajstić information content (AvgIpc) is 3.01. The van der Waals surface area contributed by atoms with Crippen LogP contribution in [0.1, 0.15) is 35.5 Å². The van der Waals surface area contributed by atoms with E-state index in [0.717, 1.165) is 17.1 Å². The number of fused-ring (bicyclic) bond motifs is 2. The van der Waals surface area contributed by atoms with Gasteiger partial charge in [0, 0.05) is 17.7 Å². The van der Waals surface area contributed by atoms with Crippen LogP contribution in [0.3, 0.4) is 0 Å². The maximum atomic E-state index is 12.9. The number of aryl methyl sites for hydroxylation is 1. The number of benzene rings is 1. The number of imidazole rings is 1. The highest BCUT2D eigenvalue weighted by molar-refractivity contribution is 5.83. The monoisotopic (exact) mass is 340 g/mol. The van der Waals surface area contributed by atoms with Crippen molar-refractivity contribution in [3.63, 3.8) is 0 Å². The van der Waals surface area contributed by atoms with Crippen LogP contribution in [0.4, 0.5) is 0 Å². The van der Waals surface area contributed by atoms with Gasteiger partial charge in [0.05, 0.1) is 24.3 Å². The fraction of sp³-hybridized carbons (Fsp3) is 0.368. The number of aliphatic hydroxyl groups is 1. The van der Waals surface area contributed by atoms with Crippen LogP contribution in [0.5, 0.6) is 0 Å². The van der Waals surface area contributed by atoms with E-state index in [0.29, 0.717) is 47.6 Å². The molecule has 0 saturated carbocycles. The van der Waals surface area contributed by atoms with Gasteiger partial charge in [-0.15, -0.1) is 0 Å². The molecular weight excluding hydrogens is 320 g/mol. The lowest BCUT2D eigenvalue weighted by Crippen LogP contribution is -2.18. The number of nitrogens with zero attached hydrogens (tertiary/aromatic N) is 2. The SMILES string of the molecule is Cc1cc([C@H](C)O)c2oc(-c3cnc4n3CCOC4)c(C)c(=O)c2c1. The fourth-order valence-electron chi connectivity index (χ4n) is 3.40. The number of hydrogen-bond acceptors (Lipinski definition) is 5. The molecule has 1 aromatic carbocycles. The molecule has 0 aliphatic carbocycles. The first-order valence-corrected chi connectivity index (χ1v) is 8.36. The first kappa shape index (κ1) is 16.1. The number of aliphatic hydroxyl groups excluding tert-OH is 1. The van der Waals surface area contributed by atoms with Crippen LogP contribution in [-0.2, 0) is 17.9 Å². The summed E-state index contributed by atoms with van der Waals surface area (Å²) in [5.41, 5.74) is 3.21. The van der Waals surface area contributed by atoms with Crippen LogP contribution >= 0.6 is 0 Å². The summed E-state index contributed by atoms with van der Waals surface area (Å²) < 4.78 is 13.6. The van der Waals surface area contributed by atoms with Crippen molar-refractivity contribution in [2.24, 2.45) is 0 Å². The van der Waals surface area contributed by atoms with Gasteiger partial charge in [0.15, 0.2) is 11.2 Å². The quantitative estimate of drug-likeness (QED) is 0.776. The normalized spacial score (nSPS) is 15.4. The number of rotatable bonds is 2. The van der Waals surface area contributed by atoms with E-state index >= 15 is 0 Å². The predicted octanol–water partition coefficient (Wildman–Crippen LogP) is 2.86. The van der Waals surface area contributed by atoms with E-state index in [1.54, 1.807) is 20.0 Å². The van der Waals surface area contributed by atoms with E-state index in [4.69, 9.17) is 9.15 Å². The van der Waals surface area contributed by atoms with Crippen LogP contribution in [0.15, 0.2) is 27.5 Å². The zero-order valence-electron chi connectivity index (χ0n) is 14.5. The molecule has 1 N–H and O–H groups in total. The molecule has 1 atom stereocenters. The molecule has 130 valence electrons. The highest BCUT2D eigenvalue weighted by Gasteiger charge is 2.22. The lowest BCUT2D eigenvalue weighted by Gasteiger charge is -2.18. The van der Waals surface area contributed by atoms with Crippen molar-refractivity contribution in [3.05, 3.63) is 51.1 Å². The van der Waals surface area contributed by atoms with E-state index in [9.17, 15) is 9.90 Å². The summed E-state index contributed by atoms with van der Waals surface area (Å²) in [6.45, 7) is 7.07. The van der Waals surface area contributed by atoms with E-state index < -0.39 is 6.10 Å². The second-order valence-electron chi connectivity index (χ2n) is 6.56. The molecule has 3 heterocycles. The number of ether oxygens (including phenoxy) is 1. The Bertz CT molecular complexity index is 1030. The molecule has 25 heavy (non-hydrogen) atoms. The van der Waals surface area contributed by atoms with Crippen molar-refractivity contribution < 1.29 is 14.3 Å². The van der Waals surface area contributed by atoms with Gasteiger partial charge in [-0.05, 0) is 38.5 Å². The largest absolute Gasteiger partial charge is 0.454 e. The van der Waals surface area contributed by atoms with Gasteiger partial charge in [-0.1, -0.05) is 0 Å². The fourth-order valence-corrected chi connectivity index (χ4v) is 3.40. The van der Waals surface area contributed by atoms with Crippen molar-refractivity contribution in [3.8, 4) is 11.5 Å². The Hall–Kier alpha value is -2.44. The molecule has 0 fully saturated rings. The Kier molecular flexibility index (Phi) is 3.74. The molecule has 3 aromatic rings. The Morgan fingerprint density at radius 2 is 2.12 bits per heavy atom. The zero-order valence-corrected chi connectivity index (χ0v) is 14.5. The van der Waals surface area contributed by atoms with Crippen molar-refractivity contribution >= 4 is 11.0 Å². The van der Waals surface area contributed by atoms with Crippen LogP contribution in [-0.4, -0.2) is 21.3 Å². The molecule has 0 radical (unpaired) electrons. The molecule has 0 unspecified atom stereocenters. The van der Waals surface area contributed by atoms with Crippen molar-refractivity contribution in [1.29, 1.82) is 0 Å². The minimum atomic E-state index is -0.728. The lowest BCUT2D eigenvalue weighted by molar-refractivity contribution is 0.0820. The highest BCUT2D eigenvalue weighted by atomic mass is 16.5. The van der Waals surface area contributed by atoms with E-state index in [1.807, 2.05) is 23.6 Å². The zero-order chi connectivity index (χ0) is 17.7. The molecule has 6 nitrogen and oxygen atoms in total. The highest BCUT2D eigenvalue weighted by Crippen LogP contribution is 2.31. The number of hydrogen-bond donors (Lipinski definition) is 1. The van der Waals surface area contributed by atoms with Crippen molar-refractivity contribution in [1.82, 2.24) is 9.55 Å². The summed E-state index contributed by atoms with van der Waals surface area (Å²) >= 11 is 0. The van der Waals surface area contributed by atoms with Gasteiger partial charge in [-0.3, -0.25) is 4.79 Å². The molecular formula is C19H20N2O4. The van der Waals surface area contributed by atoms with Crippen LogP contribution in [0, 0.1) is 13.8 Å². The van der Waals surface area contributed by atoms with Crippen LogP contribution in [0.25, 0.3) is 22.4 Å². The Morgan fingerprint density at radius 1 is 1.32 bits per heavy atom. The summed E-state index contributed by atoms with van der Waals surface area (Å²) in [6.07, 6.45) is 0.992. The van der Waals surface area contributed by atoms with Gasteiger partial charge in [0.2, 0.25) is 0 Å². The second kappa shape index (κ2) is 5.82. The van der Waals surface area contributed by atoms with Gasteiger partial charge < -0.3 is 18.8 Å². The van der Waals surface area contributed by atoms with Gasteiger partial charge in [-0.2, -0.15) is 0 Å². The van der Waals surface area contributed by atoms with Crippen LogP contribution < -0.4 is 5.43 Å². The third kappa shape index (κ3) is 2.49. The topological polar surface area (TPSA) is 77.5 Å². The Morgan fingerprint density at radius 3 is 2.88 bits per heavy atom. The van der Waals surface area contributed by atoms with Crippen LogP contribution in [0.2, 0.25) is 0 Å². The first-order valence-electron chi connectivity index (χ1n) is 8.36. The molecule has 0 saturated heterocycles. The molecule has 0 spiro atoms. The molecule has 1 aliphatic rings. The van der Waals surface area contributed by atoms with Gasteiger partial charge in [0.25, 0.3) is 0 Å². The average molecular weight is 340 g/mol. The van der Waals surface area contributed by atoms with Gasteiger partial charge >= 0.3 is 0 Å². The van der Waals surface area contributed by atoms with E-state index in [1.165, 1.54) is 0 Å². The summed E-state index contributed by atoms with van der Waals surface area (Å²) in [5, 5.41) is 10.6. The summed E-state index contributed by atoms with van der Waals surface area (Å²) in [6, 6.07) is 3.66. The minimum absolute atomic E-state index is 0.0792. The summed E-state index contributed by atoms with van der Waals surface area (Å²) in [4.78, 5) is 17.3. The summed E-state index contributed by atoms with van der Waals surface area (Å²) in [7, 11) is 0. The molecule has 2 aromatic heterocycles. The number of aromatic nitrogens is 2.